The standard InChI is InChI=1S/C16H28O2/c1-18-5-3-2-4-15(17)16-13-7-11-6-12(9-13)10-14(16)8-11/h11-17H,2-10H2,1H3. The number of ether oxygens (including phenoxy) is 1. The zero-order valence-corrected chi connectivity index (χ0v) is 11.7. The first-order chi connectivity index (χ1) is 8.78. The molecule has 4 fully saturated rings. The second kappa shape index (κ2) is 5.50. The molecular weight excluding hydrogens is 224 g/mol. The normalized spacial score (nSPS) is 43.3. The summed E-state index contributed by atoms with van der Waals surface area (Å²) in [6, 6.07) is 0. The summed E-state index contributed by atoms with van der Waals surface area (Å²) < 4.78 is 5.08. The highest BCUT2D eigenvalue weighted by Crippen LogP contribution is 2.57. The van der Waals surface area contributed by atoms with Crippen molar-refractivity contribution in [1.82, 2.24) is 0 Å². The highest BCUT2D eigenvalue weighted by atomic mass is 16.5. The van der Waals surface area contributed by atoms with Gasteiger partial charge in [0.05, 0.1) is 6.10 Å². The van der Waals surface area contributed by atoms with Gasteiger partial charge >= 0.3 is 0 Å². The number of rotatable bonds is 6. The van der Waals surface area contributed by atoms with Crippen molar-refractivity contribution in [3.8, 4) is 0 Å². The predicted molar refractivity (Wildman–Crippen MR) is 72.3 cm³/mol. The smallest absolute Gasteiger partial charge is 0.0573 e. The van der Waals surface area contributed by atoms with Gasteiger partial charge in [-0.25, -0.2) is 0 Å². The van der Waals surface area contributed by atoms with Crippen molar-refractivity contribution < 1.29 is 9.84 Å². The fourth-order valence-electron chi connectivity index (χ4n) is 5.39. The van der Waals surface area contributed by atoms with Gasteiger partial charge in [0.1, 0.15) is 0 Å². The second-order valence-corrected chi connectivity index (χ2v) is 7.06. The quantitative estimate of drug-likeness (QED) is 0.735. The fourth-order valence-corrected chi connectivity index (χ4v) is 5.39. The lowest BCUT2D eigenvalue weighted by Crippen LogP contribution is -2.49. The summed E-state index contributed by atoms with van der Waals surface area (Å²) in [5.74, 6) is 4.39. The Morgan fingerprint density at radius 1 is 1.00 bits per heavy atom. The van der Waals surface area contributed by atoms with E-state index >= 15 is 0 Å². The minimum Gasteiger partial charge on any atom is -0.393 e. The molecule has 4 saturated carbocycles. The number of hydrogen-bond acceptors (Lipinski definition) is 2. The lowest BCUT2D eigenvalue weighted by molar-refractivity contribution is -0.0916. The zero-order valence-electron chi connectivity index (χ0n) is 11.7. The zero-order chi connectivity index (χ0) is 12.5. The molecule has 0 aromatic heterocycles. The van der Waals surface area contributed by atoms with Crippen LogP contribution in [0.25, 0.3) is 0 Å². The van der Waals surface area contributed by atoms with Gasteiger partial charge in [0, 0.05) is 13.7 Å². The van der Waals surface area contributed by atoms with Gasteiger partial charge in [-0.3, -0.25) is 0 Å². The van der Waals surface area contributed by atoms with Crippen molar-refractivity contribution in [2.24, 2.45) is 29.6 Å². The van der Waals surface area contributed by atoms with Crippen LogP contribution in [0.4, 0.5) is 0 Å². The largest absolute Gasteiger partial charge is 0.393 e. The van der Waals surface area contributed by atoms with E-state index in [1.807, 2.05) is 0 Å². The molecule has 0 heterocycles. The van der Waals surface area contributed by atoms with E-state index in [0.717, 1.165) is 49.5 Å². The second-order valence-electron chi connectivity index (χ2n) is 7.06. The van der Waals surface area contributed by atoms with Crippen molar-refractivity contribution in [2.75, 3.05) is 13.7 Å². The van der Waals surface area contributed by atoms with Gasteiger partial charge in [0.25, 0.3) is 0 Å². The molecule has 4 bridgehead atoms. The van der Waals surface area contributed by atoms with Crippen LogP contribution in [0.2, 0.25) is 0 Å². The Morgan fingerprint density at radius 2 is 1.61 bits per heavy atom. The average Bonchev–Trinajstić information content (AvgIpc) is 2.33. The molecule has 1 atom stereocenters. The fraction of sp³-hybridized carbons (Fsp3) is 1.00. The van der Waals surface area contributed by atoms with Gasteiger partial charge in [-0.1, -0.05) is 0 Å². The molecule has 0 amide bonds. The van der Waals surface area contributed by atoms with Crippen LogP contribution in [0, 0.1) is 29.6 Å². The maximum atomic E-state index is 10.5. The first-order valence-corrected chi connectivity index (χ1v) is 7.95. The molecule has 18 heavy (non-hydrogen) atoms. The van der Waals surface area contributed by atoms with Crippen molar-refractivity contribution >= 4 is 0 Å². The van der Waals surface area contributed by atoms with Crippen LogP contribution in [-0.4, -0.2) is 24.9 Å². The highest BCUT2D eigenvalue weighted by Gasteiger charge is 2.49. The van der Waals surface area contributed by atoms with Gasteiger partial charge in [0.15, 0.2) is 0 Å². The van der Waals surface area contributed by atoms with Crippen LogP contribution in [-0.2, 0) is 4.74 Å². The summed E-state index contributed by atoms with van der Waals surface area (Å²) in [4.78, 5) is 0. The van der Waals surface area contributed by atoms with Crippen molar-refractivity contribution in [1.29, 1.82) is 0 Å². The monoisotopic (exact) mass is 252 g/mol. The average molecular weight is 252 g/mol. The van der Waals surface area contributed by atoms with E-state index in [4.69, 9.17) is 4.74 Å². The maximum Gasteiger partial charge on any atom is 0.0573 e. The molecule has 0 aromatic rings. The van der Waals surface area contributed by atoms with Crippen LogP contribution < -0.4 is 0 Å². The molecule has 0 saturated heterocycles. The third-order valence-electron chi connectivity index (χ3n) is 5.84. The minimum absolute atomic E-state index is 0.0307. The van der Waals surface area contributed by atoms with E-state index in [0.29, 0.717) is 5.92 Å². The number of methoxy groups -OCH3 is 1. The van der Waals surface area contributed by atoms with Crippen LogP contribution in [0.5, 0.6) is 0 Å². The molecular formula is C16H28O2. The third-order valence-corrected chi connectivity index (χ3v) is 5.84. The Labute approximate surface area is 111 Å². The Hall–Kier alpha value is -0.0800. The van der Waals surface area contributed by atoms with Crippen LogP contribution in [0.15, 0.2) is 0 Å². The first-order valence-electron chi connectivity index (χ1n) is 7.95. The maximum absolute atomic E-state index is 10.5. The molecule has 4 aliphatic carbocycles. The van der Waals surface area contributed by atoms with Crippen LogP contribution in [0.1, 0.15) is 51.4 Å². The molecule has 0 radical (unpaired) electrons. The summed E-state index contributed by atoms with van der Waals surface area (Å²) in [6.45, 7) is 0.842. The summed E-state index contributed by atoms with van der Waals surface area (Å²) in [5.41, 5.74) is 0. The van der Waals surface area contributed by atoms with Crippen LogP contribution in [0.3, 0.4) is 0 Å². The summed E-state index contributed by atoms with van der Waals surface area (Å²) in [6.07, 6.45) is 10.4. The highest BCUT2D eigenvalue weighted by molar-refractivity contribution is 4.99. The van der Waals surface area contributed by atoms with Gasteiger partial charge in [-0.05, 0) is 81.0 Å². The Kier molecular flexibility index (Phi) is 3.95. The SMILES string of the molecule is COCCCCC(O)C1C2CC3CC(C2)CC1C3. The minimum atomic E-state index is -0.0307. The van der Waals surface area contributed by atoms with Crippen molar-refractivity contribution in [2.45, 2.75) is 57.5 Å². The van der Waals surface area contributed by atoms with Gasteiger partial charge in [-0.2, -0.15) is 0 Å². The molecule has 4 aliphatic rings. The third kappa shape index (κ3) is 2.46. The predicted octanol–water partition coefficient (Wildman–Crippen LogP) is 3.24. The van der Waals surface area contributed by atoms with Crippen LogP contribution >= 0.6 is 0 Å². The molecule has 1 unspecified atom stereocenters. The molecule has 104 valence electrons. The molecule has 1 N–H and O–H groups in total. The van der Waals surface area contributed by atoms with E-state index < -0.39 is 0 Å². The molecule has 0 aromatic carbocycles. The molecule has 4 rings (SSSR count). The van der Waals surface area contributed by atoms with Gasteiger partial charge < -0.3 is 9.84 Å². The van der Waals surface area contributed by atoms with E-state index in [9.17, 15) is 5.11 Å². The molecule has 2 nitrogen and oxygen atoms in total. The molecule has 0 aliphatic heterocycles. The first kappa shape index (κ1) is 12.9. The van der Waals surface area contributed by atoms with E-state index in [1.165, 1.54) is 32.1 Å². The van der Waals surface area contributed by atoms with Crippen molar-refractivity contribution in [3.05, 3.63) is 0 Å². The number of unbranched alkanes of at least 4 members (excludes halogenated alkanes) is 1. The summed E-state index contributed by atoms with van der Waals surface area (Å²) >= 11 is 0. The number of aliphatic hydroxyl groups excluding tert-OH is 1. The lowest BCUT2D eigenvalue weighted by Gasteiger charge is -2.55. The molecule has 0 spiro atoms. The number of hydrogen-bond donors (Lipinski definition) is 1. The Morgan fingerprint density at radius 3 is 2.17 bits per heavy atom. The summed E-state index contributed by atoms with van der Waals surface area (Å²) in [7, 11) is 1.76. The van der Waals surface area contributed by atoms with Gasteiger partial charge in [-0.15, -0.1) is 0 Å². The van der Waals surface area contributed by atoms with E-state index in [2.05, 4.69) is 0 Å². The molecule has 2 heteroatoms. The lowest BCUT2D eigenvalue weighted by atomic mass is 9.50. The Bertz CT molecular complexity index is 248. The van der Waals surface area contributed by atoms with Gasteiger partial charge in [0.2, 0.25) is 0 Å². The number of aliphatic hydroxyl groups is 1. The van der Waals surface area contributed by atoms with E-state index in [1.54, 1.807) is 7.11 Å². The summed E-state index contributed by atoms with van der Waals surface area (Å²) in [5, 5.41) is 10.5. The topological polar surface area (TPSA) is 29.5 Å². The van der Waals surface area contributed by atoms with E-state index in [-0.39, 0.29) is 6.10 Å². The van der Waals surface area contributed by atoms with Crippen molar-refractivity contribution in [3.63, 3.8) is 0 Å². The Balaban J connectivity index is 1.52.